The van der Waals surface area contributed by atoms with Crippen LogP contribution < -0.4 is 20.3 Å². The van der Waals surface area contributed by atoms with E-state index in [0.717, 1.165) is 16.7 Å². The second kappa shape index (κ2) is 16.0. The Kier molecular flexibility index (Phi) is 11.3. The van der Waals surface area contributed by atoms with E-state index in [-0.39, 0.29) is 42.2 Å². The molecule has 14 heteroatoms. The lowest BCUT2D eigenvalue weighted by Crippen LogP contribution is -2.46. The largest absolute Gasteiger partial charge is 0.497 e. The fourth-order valence-electron chi connectivity index (χ4n) is 6.33. The fourth-order valence-corrected chi connectivity index (χ4v) is 6.33. The maximum Gasteiger partial charge on any atom is 0.280 e. The molecular formula is C38H43N5O9. The third-order valence-corrected chi connectivity index (χ3v) is 9.02. The molecule has 5 aromatic rings. The summed E-state index contributed by atoms with van der Waals surface area (Å²) in [5.74, 6) is 0.609. The molecule has 4 atom stereocenters. The van der Waals surface area contributed by atoms with Crippen molar-refractivity contribution in [2.24, 2.45) is 5.92 Å². The smallest absolute Gasteiger partial charge is 0.280 e. The van der Waals surface area contributed by atoms with Gasteiger partial charge in [0, 0.05) is 13.0 Å². The van der Waals surface area contributed by atoms with Crippen LogP contribution in [-0.4, -0.2) is 90.0 Å². The molecule has 0 bridgehead atoms. The molecule has 0 unspecified atom stereocenters. The SMILES string of the molecule is COCCO[C@@H]1[C@H](OC(c2ccccc2)(c2ccc(OC)cc2)c2ccc(OC)cc2)[C@@H](CO)O[C@H]1n1cnc2c(=O)[nH]c(NC(=O)C(C)C)nc21. The first-order valence-electron chi connectivity index (χ1n) is 16.9. The van der Waals surface area contributed by atoms with E-state index in [1.54, 1.807) is 39.7 Å². The Hall–Kier alpha value is -5.12. The number of hydrogen-bond donors (Lipinski definition) is 3. The third-order valence-electron chi connectivity index (χ3n) is 9.02. The predicted molar refractivity (Wildman–Crippen MR) is 191 cm³/mol. The number of aromatic nitrogens is 4. The van der Waals surface area contributed by atoms with Crippen LogP contribution in [0.15, 0.2) is 90.0 Å². The lowest BCUT2D eigenvalue weighted by Gasteiger charge is -2.40. The van der Waals surface area contributed by atoms with Crippen molar-refractivity contribution >= 4 is 23.0 Å². The van der Waals surface area contributed by atoms with Crippen LogP contribution in [0.3, 0.4) is 0 Å². The van der Waals surface area contributed by atoms with Gasteiger partial charge in [0.2, 0.25) is 11.9 Å². The molecule has 3 heterocycles. The van der Waals surface area contributed by atoms with Crippen LogP contribution >= 0.6 is 0 Å². The molecule has 0 radical (unpaired) electrons. The van der Waals surface area contributed by atoms with Crippen LogP contribution in [-0.2, 0) is 29.3 Å². The lowest BCUT2D eigenvalue weighted by molar-refractivity contribution is -0.129. The summed E-state index contributed by atoms with van der Waals surface area (Å²) in [5.41, 5.74) is 0.685. The number of anilines is 1. The van der Waals surface area contributed by atoms with Crippen molar-refractivity contribution in [2.45, 2.75) is 44.0 Å². The van der Waals surface area contributed by atoms with Gasteiger partial charge in [0.1, 0.15) is 35.4 Å². The number of methoxy groups -OCH3 is 3. The minimum atomic E-state index is -1.28. The van der Waals surface area contributed by atoms with Gasteiger partial charge in [-0.25, -0.2) is 4.98 Å². The van der Waals surface area contributed by atoms with Gasteiger partial charge in [-0.05, 0) is 41.0 Å². The van der Waals surface area contributed by atoms with Crippen LogP contribution in [0.5, 0.6) is 11.5 Å². The molecule has 1 saturated heterocycles. The molecule has 0 aliphatic carbocycles. The highest BCUT2D eigenvalue weighted by Gasteiger charge is 2.52. The molecule has 52 heavy (non-hydrogen) atoms. The van der Waals surface area contributed by atoms with Crippen molar-refractivity contribution < 1.29 is 38.3 Å². The fraction of sp³-hybridized carbons (Fsp3) is 0.368. The van der Waals surface area contributed by atoms with Crippen LogP contribution in [0.4, 0.5) is 5.95 Å². The van der Waals surface area contributed by atoms with Gasteiger partial charge >= 0.3 is 0 Å². The Morgan fingerprint density at radius 2 is 1.54 bits per heavy atom. The van der Waals surface area contributed by atoms with E-state index in [0.29, 0.717) is 11.5 Å². The number of aliphatic hydroxyl groups excluding tert-OH is 1. The second-order valence-electron chi connectivity index (χ2n) is 12.5. The van der Waals surface area contributed by atoms with Crippen molar-refractivity contribution in [3.8, 4) is 11.5 Å². The van der Waals surface area contributed by atoms with Crippen molar-refractivity contribution in [1.29, 1.82) is 0 Å². The molecule has 2 aromatic heterocycles. The van der Waals surface area contributed by atoms with Gasteiger partial charge in [-0.2, -0.15) is 4.98 Å². The predicted octanol–water partition coefficient (Wildman–Crippen LogP) is 4.03. The molecule has 3 N–H and O–H groups in total. The maximum absolute atomic E-state index is 13.1. The molecule has 274 valence electrons. The number of fused-ring (bicyclic) bond motifs is 1. The molecule has 0 spiro atoms. The van der Waals surface area contributed by atoms with Gasteiger partial charge in [-0.3, -0.25) is 24.5 Å². The number of carbonyl (C=O) groups is 1. The normalized spacial score (nSPS) is 18.9. The number of nitrogens with zero attached hydrogens (tertiary/aromatic N) is 3. The molecule has 0 saturated carbocycles. The van der Waals surface area contributed by atoms with E-state index in [1.807, 2.05) is 78.9 Å². The Morgan fingerprint density at radius 1 is 0.923 bits per heavy atom. The van der Waals surface area contributed by atoms with Crippen molar-refractivity contribution in [3.05, 3.63) is 112 Å². The second-order valence-corrected chi connectivity index (χ2v) is 12.5. The topological polar surface area (TPSA) is 168 Å². The number of nitrogens with one attached hydrogen (secondary N) is 2. The first-order valence-corrected chi connectivity index (χ1v) is 16.9. The Balaban J connectivity index is 1.52. The van der Waals surface area contributed by atoms with E-state index in [1.165, 1.54) is 6.33 Å². The quantitative estimate of drug-likeness (QED) is 0.106. The summed E-state index contributed by atoms with van der Waals surface area (Å²) in [6, 6.07) is 24.9. The van der Waals surface area contributed by atoms with Gasteiger partial charge < -0.3 is 33.5 Å². The van der Waals surface area contributed by atoms with Crippen LogP contribution in [0.2, 0.25) is 0 Å². The van der Waals surface area contributed by atoms with E-state index < -0.39 is 42.3 Å². The monoisotopic (exact) mass is 713 g/mol. The Morgan fingerprint density at radius 3 is 2.10 bits per heavy atom. The summed E-state index contributed by atoms with van der Waals surface area (Å²) in [7, 11) is 4.77. The highest BCUT2D eigenvalue weighted by molar-refractivity contribution is 5.91. The molecule has 1 fully saturated rings. The van der Waals surface area contributed by atoms with Crippen molar-refractivity contribution in [2.75, 3.05) is 46.5 Å². The van der Waals surface area contributed by atoms with E-state index >= 15 is 0 Å². The average Bonchev–Trinajstić information content (AvgIpc) is 3.75. The number of hydrogen-bond acceptors (Lipinski definition) is 11. The van der Waals surface area contributed by atoms with Gasteiger partial charge in [0.25, 0.3) is 5.56 Å². The maximum atomic E-state index is 13.1. The molecule has 14 nitrogen and oxygen atoms in total. The van der Waals surface area contributed by atoms with E-state index in [9.17, 15) is 14.7 Å². The summed E-state index contributed by atoms with van der Waals surface area (Å²) < 4.78 is 38.3. The van der Waals surface area contributed by atoms with E-state index in [4.69, 9.17) is 28.4 Å². The molecule has 1 aliphatic rings. The summed E-state index contributed by atoms with van der Waals surface area (Å²) in [6.45, 7) is 3.44. The lowest BCUT2D eigenvalue weighted by atomic mass is 9.79. The zero-order valence-corrected chi connectivity index (χ0v) is 29.6. The number of aliphatic hydroxyl groups is 1. The zero-order chi connectivity index (χ0) is 36.8. The molecule has 1 amide bonds. The number of amides is 1. The molecule has 3 aromatic carbocycles. The van der Waals surface area contributed by atoms with Gasteiger partial charge in [0.05, 0.1) is 40.4 Å². The molecule has 6 rings (SSSR count). The summed E-state index contributed by atoms with van der Waals surface area (Å²) >= 11 is 0. The van der Waals surface area contributed by atoms with Crippen LogP contribution in [0.25, 0.3) is 11.2 Å². The van der Waals surface area contributed by atoms with Gasteiger partial charge in [0.15, 0.2) is 17.4 Å². The van der Waals surface area contributed by atoms with Gasteiger partial charge in [-0.1, -0.05) is 68.4 Å². The highest BCUT2D eigenvalue weighted by Crippen LogP contribution is 2.46. The Bertz CT molecular complexity index is 1950. The van der Waals surface area contributed by atoms with Crippen LogP contribution in [0, 0.1) is 5.92 Å². The number of benzene rings is 3. The average molecular weight is 714 g/mol. The minimum absolute atomic E-state index is 0.0294. The van der Waals surface area contributed by atoms with Crippen molar-refractivity contribution in [3.63, 3.8) is 0 Å². The standard InChI is InChI=1S/C38H43N5O9/c1-23(2)34(45)41-37-40-33-30(35(46)42-37)39-22-43(33)36-32(50-20-19-47-3)31(29(21-44)51-36)52-38(24-9-7-6-8-10-24,25-11-15-27(48-4)16-12-25)26-13-17-28(49-5)18-14-26/h6-18,22-23,29,31-32,36,44H,19-21H2,1-5H3,(H2,40,41,42,45,46)/t29-,31-,32-,36-/m1/s1. The number of rotatable bonds is 15. The molecule has 1 aliphatic heterocycles. The number of ether oxygens (including phenoxy) is 6. The first kappa shape index (κ1) is 36.7. The van der Waals surface area contributed by atoms with Gasteiger partial charge in [-0.15, -0.1) is 0 Å². The highest BCUT2D eigenvalue weighted by atomic mass is 16.6. The summed E-state index contributed by atoms with van der Waals surface area (Å²) in [4.78, 5) is 37.1. The zero-order valence-electron chi connectivity index (χ0n) is 29.6. The minimum Gasteiger partial charge on any atom is -0.497 e. The number of imidazole rings is 1. The number of carbonyl (C=O) groups excluding carboxylic acids is 1. The summed E-state index contributed by atoms with van der Waals surface area (Å²) in [5, 5.41) is 13.5. The first-order chi connectivity index (χ1) is 25.2. The Labute approximate surface area is 300 Å². The molecular weight excluding hydrogens is 670 g/mol. The van der Waals surface area contributed by atoms with Crippen LogP contribution in [0.1, 0.15) is 36.8 Å². The number of H-pyrrole nitrogens is 1. The van der Waals surface area contributed by atoms with Crippen molar-refractivity contribution in [1.82, 2.24) is 19.5 Å². The number of aromatic amines is 1. The summed E-state index contributed by atoms with van der Waals surface area (Å²) in [6.07, 6.45) is -2.29. The third kappa shape index (κ3) is 7.16. The van der Waals surface area contributed by atoms with E-state index in [2.05, 4.69) is 20.3 Å².